The van der Waals surface area contributed by atoms with Gasteiger partial charge in [0.2, 0.25) is 23.6 Å². The van der Waals surface area contributed by atoms with Crippen LogP contribution in [0, 0.1) is 0 Å². The van der Waals surface area contributed by atoms with Gasteiger partial charge in [-0.1, -0.05) is 24.3 Å². The number of phenols is 3. The van der Waals surface area contributed by atoms with E-state index in [1.165, 1.54) is 24.3 Å². The number of hydrogen-bond donors (Lipinski definition) is 11. The van der Waals surface area contributed by atoms with Crippen LogP contribution in [0.2, 0.25) is 0 Å². The van der Waals surface area contributed by atoms with Gasteiger partial charge in [0.1, 0.15) is 35.4 Å². The van der Waals surface area contributed by atoms with Crippen LogP contribution in [0.15, 0.2) is 60.7 Å². The van der Waals surface area contributed by atoms with Crippen LogP contribution in [0.25, 0.3) is 11.1 Å². The molecule has 0 unspecified atom stereocenters. The summed E-state index contributed by atoms with van der Waals surface area (Å²) in [4.78, 5) is 54.8. The molecular formula is C37H50N8O7. The van der Waals surface area contributed by atoms with Crippen molar-refractivity contribution in [3.8, 4) is 28.4 Å². The normalized spacial score (nSPS) is 18.9. The number of carbonyl (C=O) groups is 4. The maximum atomic E-state index is 14.2. The van der Waals surface area contributed by atoms with Crippen molar-refractivity contribution in [2.75, 3.05) is 19.6 Å². The molecule has 15 N–H and O–H groups in total. The van der Waals surface area contributed by atoms with E-state index >= 15 is 0 Å². The Balaban J connectivity index is 1.71. The van der Waals surface area contributed by atoms with Crippen LogP contribution in [0.4, 0.5) is 0 Å². The van der Waals surface area contributed by atoms with Crippen molar-refractivity contribution >= 4 is 23.6 Å². The molecule has 0 spiro atoms. The third kappa shape index (κ3) is 11.1. The van der Waals surface area contributed by atoms with Gasteiger partial charge in [0.05, 0.1) is 6.04 Å². The van der Waals surface area contributed by atoms with E-state index < -0.39 is 47.8 Å². The molecule has 5 atom stereocenters. The van der Waals surface area contributed by atoms with E-state index in [1.54, 1.807) is 36.4 Å². The molecule has 1 aliphatic heterocycles. The second-order valence-electron chi connectivity index (χ2n) is 13.1. The number of aromatic hydroxyl groups is 3. The summed E-state index contributed by atoms with van der Waals surface area (Å²) in [6.45, 7) is 0.804. The molecule has 15 nitrogen and oxygen atoms in total. The fraction of sp³-hybridized carbons (Fsp3) is 0.405. The molecule has 4 rings (SSSR count). The highest BCUT2D eigenvalue weighted by molar-refractivity contribution is 5.95. The fourth-order valence-corrected chi connectivity index (χ4v) is 5.94. The Morgan fingerprint density at radius 3 is 2.06 bits per heavy atom. The number of benzene rings is 3. The molecule has 15 heteroatoms. The zero-order valence-electron chi connectivity index (χ0n) is 29.0. The second-order valence-corrected chi connectivity index (χ2v) is 13.1. The van der Waals surface area contributed by atoms with Crippen LogP contribution in [-0.2, 0) is 38.4 Å². The fourth-order valence-electron chi connectivity index (χ4n) is 5.94. The summed E-state index contributed by atoms with van der Waals surface area (Å²) in [5, 5.41) is 42.2. The maximum absolute atomic E-state index is 14.2. The molecule has 1 heterocycles. The number of nitrogens with one attached hydrogen (secondary N) is 4. The predicted molar refractivity (Wildman–Crippen MR) is 196 cm³/mol. The van der Waals surface area contributed by atoms with Gasteiger partial charge < -0.3 is 59.5 Å². The van der Waals surface area contributed by atoms with E-state index in [2.05, 4.69) is 21.3 Å². The number of phenolic OH excluding ortho intramolecular Hbond substituents is 3. The molecule has 4 amide bonds. The Labute approximate surface area is 302 Å². The van der Waals surface area contributed by atoms with Crippen LogP contribution in [0.1, 0.15) is 42.4 Å². The van der Waals surface area contributed by atoms with Gasteiger partial charge >= 0.3 is 0 Å². The van der Waals surface area contributed by atoms with E-state index in [4.69, 9.17) is 22.9 Å². The Kier molecular flexibility index (Phi) is 14.3. The third-order valence-electron chi connectivity index (χ3n) is 8.98. The lowest BCUT2D eigenvalue weighted by Crippen LogP contribution is -2.59. The van der Waals surface area contributed by atoms with Gasteiger partial charge in [0.15, 0.2) is 0 Å². The first-order valence-corrected chi connectivity index (χ1v) is 17.4. The van der Waals surface area contributed by atoms with Gasteiger partial charge in [0, 0.05) is 31.8 Å². The Morgan fingerprint density at radius 2 is 1.44 bits per heavy atom. The van der Waals surface area contributed by atoms with Crippen LogP contribution < -0.4 is 44.2 Å². The minimum atomic E-state index is -1.33. The highest BCUT2D eigenvalue weighted by Gasteiger charge is 2.32. The van der Waals surface area contributed by atoms with E-state index in [1.807, 2.05) is 0 Å². The van der Waals surface area contributed by atoms with Crippen molar-refractivity contribution < 1.29 is 34.5 Å². The summed E-state index contributed by atoms with van der Waals surface area (Å²) >= 11 is 0. The van der Waals surface area contributed by atoms with E-state index in [-0.39, 0.29) is 62.1 Å². The van der Waals surface area contributed by atoms with Gasteiger partial charge in [-0.15, -0.1) is 0 Å². The van der Waals surface area contributed by atoms with E-state index in [0.717, 1.165) is 0 Å². The van der Waals surface area contributed by atoms with Crippen molar-refractivity contribution in [2.45, 2.75) is 75.2 Å². The lowest BCUT2D eigenvalue weighted by molar-refractivity contribution is -0.134. The Bertz CT molecular complexity index is 1700. The molecule has 0 saturated heterocycles. The largest absolute Gasteiger partial charge is 0.508 e. The second kappa shape index (κ2) is 18.9. The number of carbonyl (C=O) groups excluding carboxylic acids is 4. The van der Waals surface area contributed by atoms with Crippen molar-refractivity contribution in [2.24, 2.45) is 22.9 Å². The Hall–Kier alpha value is -5.22. The van der Waals surface area contributed by atoms with Crippen LogP contribution in [-0.4, -0.2) is 88.8 Å². The lowest BCUT2D eigenvalue weighted by Gasteiger charge is -2.26. The smallest absolute Gasteiger partial charge is 0.243 e. The topological polar surface area (TPSA) is 281 Å². The third-order valence-corrected chi connectivity index (χ3v) is 8.98. The molecule has 0 saturated carbocycles. The molecule has 0 aromatic heterocycles. The highest BCUT2D eigenvalue weighted by Crippen LogP contribution is 2.31. The molecule has 3 aromatic rings. The molecule has 280 valence electrons. The van der Waals surface area contributed by atoms with Crippen molar-refractivity contribution in [3.63, 3.8) is 0 Å². The summed E-state index contributed by atoms with van der Waals surface area (Å²) in [6, 6.07) is 10.7. The van der Waals surface area contributed by atoms with Gasteiger partial charge in [-0.2, -0.15) is 0 Å². The van der Waals surface area contributed by atoms with Crippen LogP contribution in [0.3, 0.4) is 0 Å². The average molecular weight is 719 g/mol. The number of amides is 4. The standard InChI is InChI=1S/C37H50N8O7/c38-13-1-3-26(40)20-42-35(50)30(15-21-5-9-27(46)10-6-21)44-37(52)31-19-25-17-23(8-12-33(25)48)22-7-11-32(47)24(16-22)18-28(41)34(49)43-29(4-2-14-39)36(51)45-31/h5-12,16-17,26,28-31,46-48H,1-4,13-15,18-20,38-41H2,(H,42,50)(H,43,49)(H,44,52)(H,45,51)/t26-,28-,29-,30-,31-/m0/s1. The summed E-state index contributed by atoms with van der Waals surface area (Å²) in [7, 11) is 0. The molecular weight excluding hydrogens is 668 g/mol. The lowest BCUT2D eigenvalue weighted by atomic mass is 9.95. The number of fused-ring (bicyclic) bond motifs is 5. The summed E-state index contributed by atoms with van der Waals surface area (Å²) in [6.07, 6.45) is 1.55. The van der Waals surface area contributed by atoms with Crippen molar-refractivity contribution in [3.05, 3.63) is 77.4 Å². The SMILES string of the molecule is NCCC[C@H](N)CNC(=O)[C@H](Cc1ccc(O)cc1)NC(=O)[C@@H]1Cc2cc(ccc2O)-c2ccc(O)c(c2)C[C@H](N)C(=O)N[C@@H](CCCN)C(=O)N1. The van der Waals surface area contributed by atoms with Crippen LogP contribution in [0.5, 0.6) is 17.2 Å². The molecule has 0 fully saturated rings. The zero-order valence-corrected chi connectivity index (χ0v) is 29.0. The number of hydrogen-bond acceptors (Lipinski definition) is 11. The van der Waals surface area contributed by atoms with Gasteiger partial charge in [-0.3, -0.25) is 19.2 Å². The summed E-state index contributed by atoms with van der Waals surface area (Å²) in [5.74, 6) is -2.78. The minimum absolute atomic E-state index is 0.0283. The molecule has 52 heavy (non-hydrogen) atoms. The minimum Gasteiger partial charge on any atom is -0.508 e. The van der Waals surface area contributed by atoms with Crippen molar-refractivity contribution in [1.29, 1.82) is 0 Å². The highest BCUT2D eigenvalue weighted by atomic mass is 16.3. The quantitative estimate of drug-likeness (QED) is 0.107. The molecule has 0 aliphatic carbocycles. The first kappa shape index (κ1) is 39.6. The molecule has 4 bridgehead atoms. The molecule has 1 aliphatic rings. The number of nitrogens with two attached hydrogens (primary N) is 4. The van der Waals surface area contributed by atoms with Gasteiger partial charge in [0.25, 0.3) is 0 Å². The van der Waals surface area contributed by atoms with E-state index in [0.29, 0.717) is 53.6 Å². The zero-order chi connectivity index (χ0) is 37.8. The van der Waals surface area contributed by atoms with Crippen molar-refractivity contribution in [1.82, 2.24) is 21.3 Å². The Morgan fingerprint density at radius 1 is 0.827 bits per heavy atom. The molecule has 0 radical (unpaired) electrons. The predicted octanol–water partition coefficient (Wildman–Crippen LogP) is -0.485. The first-order valence-electron chi connectivity index (χ1n) is 17.4. The maximum Gasteiger partial charge on any atom is 0.243 e. The van der Waals surface area contributed by atoms with E-state index in [9.17, 15) is 34.5 Å². The molecule has 3 aromatic carbocycles. The van der Waals surface area contributed by atoms with Gasteiger partial charge in [-0.25, -0.2) is 0 Å². The first-order chi connectivity index (χ1) is 24.9. The summed E-state index contributed by atoms with van der Waals surface area (Å²) in [5.41, 5.74) is 26.3. The monoisotopic (exact) mass is 718 g/mol. The van der Waals surface area contributed by atoms with Crippen LogP contribution >= 0.6 is 0 Å². The summed E-state index contributed by atoms with van der Waals surface area (Å²) < 4.78 is 0. The van der Waals surface area contributed by atoms with Gasteiger partial charge in [-0.05, 0) is 103 Å². The number of rotatable bonds is 13. The average Bonchev–Trinajstić information content (AvgIpc) is 3.12.